The van der Waals surface area contributed by atoms with Crippen LogP contribution in [0.5, 0.6) is 0 Å². The van der Waals surface area contributed by atoms with Crippen LogP contribution in [0.4, 0.5) is 0 Å². The summed E-state index contributed by atoms with van der Waals surface area (Å²) in [6.07, 6.45) is 4.35. The van der Waals surface area contributed by atoms with E-state index in [9.17, 15) is 4.79 Å². The average molecular weight is 356 g/mol. The van der Waals surface area contributed by atoms with Gasteiger partial charge in [0.1, 0.15) is 0 Å². The van der Waals surface area contributed by atoms with Gasteiger partial charge in [-0.05, 0) is 50.6 Å². The first-order valence-corrected chi connectivity index (χ1v) is 8.00. The van der Waals surface area contributed by atoms with Gasteiger partial charge in [-0.15, -0.1) is 24.8 Å². The molecule has 7 heteroatoms. The largest absolute Gasteiger partial charge is 0.381 e. The molecule has 5 nitrogen and oxygen atoms in total. The van der Waals surface area contributed by atoms with Gasteiger partial charge in [-0.3, -0.25) is 4.79 Å². The van der Waals surface area contributed by atoms with Crippen molar-refractivity contribution < 1.29 is 9.53 Å². The van der Waals surface area contributed by atoms with E-state index in [1.807, 2.05) is 0 Å². The predicted molar refractivity (Wildman–Crippen MR) is 93.9 cm³/mol. The number of hydrogen-bond donors (Lipinski definition) is 2. The Morgan fingerprint density at radius 3 is 2.41 bits per heavy atom. The van der Waals surface area contributed by atoms with Crippen LogP contribution in [0.15, 0.2) is 0 Å². The van der Waals surface area contributed by atoms with Crippen LogP contribution in [0.1, 0.15) is 32.6 Å². The quantitative estimate of drug-likeness (QED) is 0.782. The summed E-state index contributed by atoms with van der Waals surface area (Å²) in [4.78, 5) is 14.5. The monoisotopic (exact) mass is 355 g/mol. The summed E-state index contributed by atoms with van der Waals surface area (Å²) >= 11 is 0. The molecule has 2 aliphatic rings. The molecule has 0 bridgehead atoms. The van der Waals surface area contributed by atoms with E-state index >= 15 is 0 Å². The Balaban J connectivity index is 0.00000220. The third-order valence-corrected chi connectivity index (χ3v) is 4.68. The highest BCUT2D eigenvalue weighted by atomic mass is 35.5. The Kier molecular flexibility index (Phi) is 11.4. The van der Waals surface area contributed by atoms with Crippen LogP contribution in [-0.2, 0) is 9.53 Å². The molecular weight excluding hydrogens is 325 g/mol. The molecule has 3 N–H and O–H groups in total. The lowest BCUT2D eigenvalue weighted by atomic mass is 9.92. The second-order valence-corrected chi connectivity index (χ2v) is 6.29. The minimum absolute atomic E-state index is 0. The molecule has 1 unspecified atom stereocenters. The Bertz CT molecular complexity index is 307. The fourth-order valence-electron chi connectivity index (χ4n) is 3.03. The van der Waals surface area contributed by atoms with E-state index in [1.54, 1.807) is 0 Å². The van der Waals surface area contributed by atoms with Crippen LogP contribution < -0.4 is 11.1 Å². The van der Waals surface area contributed by atoms with Crippen molar-refractivity contribution in [2.45, 2.75) is 38.6 Å². The van der Waals surface area contributed by atoms with Crippen molar-refractivity contribution in [3.63, 3.8) is 0 Å². The van der Waals surface area contributed by atoms with Gasteiger partial charge in [-0.2, -0.15) is 0 Å². The highest BCUT2D eigenvalue weighted by Gasteiger charge is 2.26. The van der Waals surface area contributed by atoms with E-state index in [0.29, 0.717) is 6.54 Å². The molecule has 2 saturated heterocycles. The van der Waals surface area contributed by atoms with Crippen LogP contribution in [-0.4, -0.2) is 56.2 Å². The highest BCUT2D eigenvalue weighted by Crippen LogP contribution is 2.18. The molecule has 0 aromatic carbocycles. The molecule has 0 aromatic rings. The summed E-state index contributed by atoms with van der Waals surface area (Å²) < 4.78 is 5.30. The smallest absolute Gasteiger partial charge is 0.237 e. The van der Waals surface area contributed by atoms with Gasteiger partial charge in [-0.25, -0.2) is 0 Å². The molecule has 0 radical (unpaired) electrons. The molecule has 0 spiro atoms. The normalized spacial score (nSPS) is 22.3. The molecule has 2 aliphatic heterocycles. The number of piperidine rings is 1. The van der Waals surface area contributed by atoms with Crippen LogP contribution in [0.25, 0.3) is 0 Å². The number of ether oxygens (including phenoxy) is 1. The van der Waals surface area contributed by atoms with Gasteiger partial charge in [0.2, 0.25) is 5.91 Å². The summed E-state index contributed by atoms with van der Waals surface area (Å²) in [5, 5.41) is 2.99. The van der Waals surface area contributed by atoms with Gasteiger partial charge in [0.05, 0.1) is 6.04 Å². The number of nitrogens with one attached hydrogen (secondary N) is 1. The highest BCUT2D eigenvalue weighted by molar-refractivity contribution is 5.85. The van der Waals surface area contributed by atoms with E-state index in [1.165, 1.54) is 12.8 Å². The van der Waals surface area contributed by atoms with E-state index in [2.05, 4.69) is 17.1 Å². The Morgan fingerprint density at radius 2 is 1.82 bits per heavy atom. The van der Waals surface area contributed by atoms with Crippen LogP contribution in [0.3, 0.4) is 0 Å². The summed E-state index contributed by atoms with van der Waals surface area (Å²) in [5.41, 5.74) is 6.05. The van der Waals surface area contributed by atoms with Gasteiger partial charge < -0.3 is 20.7 Å². The Labute approximate surface area is 146 Å². The van der Waals surface area contributed by atoms with Gasteiger partial charge >= 0.3 is 0 Å². The Morgan fingerprint density at radius 1 is 1.23 bits per heavy atom. The van der Waals surface area contributed by atoms with E-state index in [0.717, 1.165) is 51.6 Å². The molecule has 2 heterocycles. The third kappa shape index (κ3) is 7.01. The van der Waals surface area contributed by atoms with Crippen molar-refractivity contribution >= 4 is 30.7 Å². The van der Waals surface area contributed by atoms with E-state index in [4.69, 9.17) is 10.5 Å². The minimum atomic E-state index is -0.375. The number of amides is 1. The predicted octanol–water partition coefficient (Wildman–Crippen LogP) is 1.43. The van der Waals surface area contributed by atoms with E-state index < -0.39 is 0 Å². The van der Waals surface area contributed by atoms with Gasteiger partial charge in [0.15, 0.2) is 0 Å². The molecule has 0 aliphatic carbocycles. The number of nitrogens with zero attached hydrogens (tertiary/aromatic N) is 1. The average Bonchev–Trinajstić information content (AvgIpc) is 2.49. The van der Waals surface area contributed by atoms with Crippen LogP contribution in [0, 0.1) is 11.8 Å². The SMILES string of the molecule is CC1CCN(CCNC(=O)C(N)C2CCOCC2)CC1.Cl.Cl. The van der Waals surface area contributed by atoms with Crippen molar-refractivity contribution in [3.05, 3.63) is 0 Å². The van der Waals surface area contributed by atoms with Crippen molar-refractivity contribution in [1.29, 1.82) is 0 Å². The fraction of sp³-hybridized carbons (Fsp3) is 0.933. The number of hydrogen-bond acceptors (Lipinski definition) is 4. The number of halogens is 2. The number of likely N-dealkylation sites (tertiary alicyclic amines) is 1. The zero-order valence-electron chi connectivity index (χ0n) is 13.5. The number of rotatable bonds is 5. The summed E-state index contributed by atoms with van der Waals surface area (Å²) in [6, 6.07) is -0.375. The maximum atomic E-state index is 12.0. The molecule has 1 atom stereocenters. The lowest BCUT2D eigenvalue weighted by Gasteiger charge is -2.30. The van der Waals surface area contributed by atoms with Gasteiger partial charge in [0, 0.05) is 26.3 Å². The summed E-state index contributed by atoms with van der Waals surface area (Å²) in [5.74, 6) is 1.13. The number of carbonyl (C=O) groups excluding carboxylic acids is 1. The fourth-order valence-corrected chi connectivity index (χ4v) is 3.03. The van der Waals surface area contributed by atoms with Crippen LogP contribution >= 0.6 is 24.8 Å². The second-order valence-electron chi connectivity index (χ2n) is 6.29. The number of carbonyl (C=O) groups is 1. The maximum absolute atomic E-state index is 12.0. The van der Waals surface area contributed by atoms with Gasteiger partial charge in [0.25, 0.3) is 0 Å². The molecule has 22 heavy (non-hydrogen) atoms. The van der Waals surface area contributed by atoms with Crippen molar-refractivity contribution in [3.8, 4) is 0 Å². The lowest BCUT2D eigenvalue weighted by molar-refractivity contribution is -0.124. The lowest BCUT2D eigenvalue weighted by Crippen LogP contribution is -2.49. The van der Waals surface area contributed by atoms with Gasteiger partial charge in [-0.1, -0.05) is 6.92 Å². The van der Waals surface area contributed by atoms with Crippen LogP contribution in [0.2, 0.25) is 0 Å². The standard InChI is InChI=1S/C15H29N3O2.2ClH/c1-12-2-7-18(8-3-12)9-6-17-15(19)14(16)13-4-10-20-11-5-13;;/h12-14H,2-11,16H2,1H3,(H,17,19);2*1H. The molecule has 0 aromatic heterocycles. The molecule has 2 fully saturated rings. The Hall–Kier alpha value is -0.0700. The zero-order chi connectivity index (χ0) is 14.4. The molecule has 132 valence electrons. The first kappa shape index (κ1) is 21.9. The minimum Gasteiger partial charge on any atom is -0.381 e. The topological polar surface area (TPSA) is 67.6 Å². The van der Waals surface area contributed by atoms with Crippen molar-refractivity contribution in [2.75, 3.05) is 39.4 Å². The van der Waals surface area contributed by atoms with Crippen molar-refractivity contribution in [1.82, 2.24) is 10.2 Å². The molecular formula is C15H31Cl2N3O2. The number of nitrogens with two attached hydrogens (primary N) is 1. The third-order valence-electron chi connectivity index (χ3n) is 4.68. The first-order chi connectivity index (χ1) is 9.66. The van der Waals surface area contributed by atoms with E-state index in [-0.39, 0.29) is 42.7 Å². The summed E-state index contributed by atoms with van der Waals surface area (Å²) in [6.45, 7) is 7.75. The van der Waals surface area contributed by atoms with Crippen molar-refractivity contribution in [2.24, 2.45) is 17.6 Å². The summed E-state index contributed by atoms with van der Waals surface area (Å²) in [7, 11) is 0. The molecule has 2 rings (SSSR count). The molecule has 0 saturated carbocycles. The molecule has 1 amide bonds. The second kappa shape index (κ2) is 11.5. The maximum Gasteiger partial charge on any atom is 0.237 e. The first-order valence-electron chi connectivity index (χ1n) is 8.00. The zero-order valence-corrected chi connectivity index (χ0v) is 15.1.